The molecule has 43 heavy (non-hydrogen) atoms. The molecule has 0 bridgehead atoms. The molecule has 0 fully saturated rings. The highest BCUT2D eigenvalue weighted by Gasteiger charge is 2.44. The number of carbonyl (C=O) groups excluding carboxylic acids is 1. The number of rotatable bonds is 15. The van der Waals surface area contributed by atoms with Gasteiger partial charge in [0.1, 0.15) is 0 Å². The van der Waals surface area contributed by atoms with Crippen LogP contribution in [0.3, 0.4) is 0 Å². The van der Waals surface area contributed by atoms with Crippen LogP contribution in [0.1, 0.15) is 132 Å². The van der Waals surface area contributed by atoms with Crippen molar-refractivity contribution in [2.75, 3.05) is 0 Å². The van der Waals surface area contributed by atoms with Gasteiger partial charge in [0.2, 0.25) is 0 Å². The highest BCUT2D eigenvalue weighted by Crippen LogP contribution is 2.74. The summed E-state index contributed by atoms with van der Waals surface area (Å²) in [6.07, 6.45) is 9.62. The maximum atomic E-state index is 14.1. The van der Waals surface area contributed by atoms with E-state index in [1.165, 1.54) is 64.8 Å². The van der Waals surface area contributed by atoms with Crippen LogP contribution < -0.4 is 0 Å². The molecule has 0 unspecified atom stereocenters. The fourth-order valence-electron chi connectivity index (χ4n) is 6.59. The van der Waals surface area contributed by atoms with Crippen LogP contribution in [0.2, 0.25) is 0 Å². The van der Waals surface area contributed by atoms with Crippen molar-refractivity contribution in [3.8, 4) is 0 Å². The first-order valence-corrected chi connectivity index (χ1v) is 18.8. The highest BCUT2D eigenvalue weighted by atomic mass is 32.3. The van der Waals surface area contributed by atoms with E-state index < -0.39 is 10.3 Å². The minimum Gasteiger partial charge on any atom is -0.402 e. The summed E-state index contributed by atoms with van der Waals surface area (Å²) in [5.41, 5.74) is 12.1. The normalized spacial score (nSPS) is 12.0. The standard InChI is InChI=1S/C40H58O2S/c1-11-21-37(41)42-43(38-31(15-5)22-28(12-2)23-32(38)16-6,39-33(17-7)24-29(13-3)25-34(39)18-8)40-35(19-9)26-30(14-4)27-36(40)20-10/h22-27H,11-21H2,1-10H3. The maximum Gasteiger partial charge on any atom is 0.317 e. The SMILES string of the molecule is CCCC(=O)OS(c1c(CC)cc(CC)cc1CC)(c1c(CC)cc(CC)cc1CC)c1c(CC)cc(CC)cc1CC. The van der Waals surface area contributed by atoms with Gasteiger partial charge in [0.05, 0.1) is 0 Å². The lowest BCUT2D eigenvalue weighted by atomic mass is 10.00. The second-order valence-corrected chi connectivity index (χ2v) is 14.2. The van der Waals surface area contributed by atoms with Crippen LogP contribution in [0.25, 0.3) is 0 Å². The zero-order valence-electron chi connectivity index (χ0n) is 29.0. The molecule has 3 rings (SSSR count). The average molecular weight is 603 g/mol. The molecule has 0 heterocycles. The largest absolute Gasteiger partial charge is 0.402 e. The van der Waals surface area contributed by atoms with Crippen LogP contribution in [-0.2, 0) is 66.8 Å². The lowest BCUT2D eigenvalue weighted by Crippen LogP contribution is -2.22. The van der Waals surface area contributed by atoms with E-state index in [9.17, 15) is 4.79 Å². The second-order valence-electron chi connectivity index (χ2n) is 11.7. The fraction of sp³-hybridized carbons (Fsp3) is 0.525. The first-order valence-electron chi connectivity index (χ1n) is 17.3. The summed E-state index contributed by atoms with van der Waals surface area (Å²) in [6.45, 7) is 22.5. The topological polar surface area (TPSA) is 26.3 Å². The Morgan fingerprint density at radius 1 is 0.465 bits per heavy atom. The molecule has 3 aromatic rings. The van der Waals surface area contributed by atoms with Gasteiger partial charge in [-0.25, -0.2) is 0 Å². The minimum atomic E-state index is -2.44. The van der Waals surface area contributed by atoms with Crippen LogP contribution in [0.5, 0.6) is 0 Å². The molecule has 3 heteroatoms. The van der Waals surface area contributed by atoms with Gasteiger partial charge in [-0.2, -0.15) is 0 Å². The summed E-state index contributed by atoms with van der Waals surface area (Å²) in [4.78, 5) is 18.0. The third kappa shape index (κ3) is 6.93. The van der Waals surface area contributed by atoms with Gasteiger partial charge in [0, 0.05) is 21.1 Å². The molecule has 0 aliphatic rings. The van der Waals surface area contributed by atoms with Gasteiger partial charge in [-0.15, -0.1) is 0 Å². The lowest BCUT2D eigenvalue weighted by Gasteiger charge is -2.46. The molecule has 236 valence electrons. The molecule has 0 aliphatic carbocycles. The maximum absolute atomic E-state index is 14.1. The lowest BCUT2D eigenvalue weighted by molar-refractivity contribution is -0.133. The molecule has 0 amide bonds. The van der Waals surface area contributed by atoms with Crippen LogP contribution in [0.15, 0.2) is 51.1 Å². The third-order valence-electron chi connectivity index (χ3n) is 8.95. The Morgan fingerprint density at radius 3 is 0.907 bits per heavy atom. The van der Waals surface area contributed by atoms with Crippen LogP contribution in [0.4, 0.5) is 0 Å². The summed E-state index contributed by atoms with van der Waals surface area (Å²) in [5, 5.41) is 0. The molecule has 0 radical (unpaired) electrons. The van der Waals surface area contributed by atoms with E-state index in [-0.39, 0.29) is 5.97 Å². The Labute approximate surface area is 265 Å². The van der Waals surface area contributed by atoms with Gasteiger partial charge in [0.25, 0.3) is 0 Å². The molecule has 0 saturated carbocycles. The Kier molecular flexibility index (Phi) is 13.0. The predicted molar refractivity (Wildman–Crippen MR) is 187 cm³/mol. The molecule has 0 aliphatic heterocycles. The van der Waals surface area contributed by atoms with Gasteiger partial charge in [0.15, 0.2) is 0 Å². The minimum absolute atomic E-state index is 0.0754. The van der Waals surface area contributed by atoms with Crippen molar-refractivity contribution >= 4 is 16.3 Å². The van der Waals surface area contributed by atoms with Gasteiger partial charge < -0.3 is 4.18 Å². The first kappa shape index (κ1) is 35.0. The Hall–Kier alpha value is -2.52. The van der Waals surface area contributed by atoms with Crippen molar-refractivity contribution in [3.05, 3.63) is 86.5 Å². The molecular weight excluding hydrogens is 545 g/mol. The van der Waals surface area contributed by atoms with Crippen molar-refractivity contribution in [3.63, 3.8) is 0 Å². The number of aryl methyl sites for hydroxylation is 9. The van der Waals surface area contributed by atoms with E-state index in [0.29, 0.717) is 6.42 Å². The van der Waals surface area contributed by atoms with Crippen molar-refractivity contribution in [2.45, 2.75) is 155 Å². The van der Waals surface area contributed by atoms with E-state index in [4.69, 9.17) is 4.18 Å². The van der Waals surface area contributed by atoms with Crippen molar-refractivity contribution in [1.82, 2.24) is 0 Å². The zero-order chi connectivity index (χ0) is 31.7. The summed E-state index contributed by atoms with van der Waals surface area (Å²) in [5.74, 6) is -0.0754. The fourth-order valence-corrected chi connectivity index (χ4v) is 11.3. The molecule has 0 saturated heterocycles. The van der Waals surface area contributed by atoms with Crippen molar-refractivity contribution in [1.29, 1.82) is 0 Å². The Balaban J connectivity index is 2.83. The van der Waals surface area contributed by atoms with Gasteiger partial charge in [-0.05, 0) is 125 Å². The molecule has 0 spiro atoms. The number of benzene rings is 3. The number of carbonyl (C=O) groups is 1. The van der Waals surface area contributed by atoms with E-state index in [0.717, 1.165) is 64.2 Å². The predicted octanol–water partition coefficient (Wildman–Crippen LogP) is 11.3. The Morgan fingerprint density at radius 2 is 0.721 bits per heavy atom. The molecular formula is C40H58O2S. The third-order valence-corrected chi connectivity index (χ3v) is 12.7. The summed E-state index contributed by atoms with van der Waals surface area (Å²) < 4.78 is 7.36. The van der Waals surface area contributed by atoms with Gasteiger partial charge >= 0.3 is 5.97 Å². The quantitative estimate of drug-likeness (QED) is 0.173. The van der Waals surface area contributed by atoms with Gasteiger partial charge in [-0.3, -0.25) is 4.79 Å². The zero-order valence-corrected chi connectivity index (χ0v) is 29.8. The smallest absolute Gasteiger partial charge is 0.317 e. The Bertz CT molecular complexity index is 1170. The van der Waals surface area contributed by atoms with Crippen LogP contribution in [0, 0.1) is 0 Å². The number of hydrogen-bond acceptors (Lipinski definition) is 2. The first-order chi connectivity index (χ1) is 20.8. The van der Waals surface area contributed by atoms with E-state index >= 15 is 0 Å². The molecule has 0 atom stereocenters. The van der Waals surface area contributed by atoms with Crippen LogP contribution in [-0.4, -0.2) is 5.97 Å². The molecule has 3 aromatic carbocycles. The molecule has 0 aromatic heterocycles. The monoisotopic (exact) mass is 602 g/mol. The summed E-state index contributed by atoms with van der Waals surface area (Å²) in [7, 11) is -2.44. The average Bonchev–Trinajstić information content (AvgIpc) is 3.05. The highest BCUT2D eigenvalue weighted by molar-refractivity contribution is 8.30. The second kappa shape index (κ2) is 16.0. The summed E-state index contributed by atoms with van der Waals surface area (Å²) >= 11 is 0. The van der Waals surface area contributed by atoms with E-state index in [1.54, 1.807) is 0 Å². The number of hydrogen-bond donors (Lipinski definition) is 0. The van der Waals surface area contributed by atoms with Crippen molar-refractivity contribution in [2.24, 2.45) is 0 Å². The summed E-state index contributed by atoms with van der Waals surface area (Å²) in [6, 6.07) is 14.5. The van der Waals surface area contributed by atoms with Crippen molar-refractivity contribution < 1.29 is 8.98 Å². The van der Waals surface area contributed by atoms with Crippen LogP contribution >= 0.6 is 10.3 Å². The van der Waals surface area contributed by atoms with E-state index in [2.05, 4.69) is 106 Å². The molecule has 2 nitrogen and oxygen atoms in total. The molecule has 0 N–H and O–H groups in total. The van der Waals surface area contributed by atoms with E-state index in [1.807, 2.05) is 0 Å². The van der Waals surface area contributed by atoms with Gasteiger partial charge in [-0.1, -0.05) is 106 Å².